The highest BCUT2D eigenvalue weighted by Crippen LogP contribution is 2.15. The van der Waals surface area contributed by atoms with Gasteiger partial charge in [0.15, 0.2) is 5.96 Å². The Balaban J connectivity index is 0.00000341. The topological polar surface area (TPSA) is 79.7 Å². The largest absolute Gasteiger partial charge is 0.497 e. The number of amides is 1. The molecule has 0 spiro atoms. The Morgan fingerprint density at radius 3 is 2.55 bits per heavy atom. The Bertz CT molecular complexity index is 985. The van der Waals surface area contributed by atoms with E-state index < -0.39 is 0 Å². The number of para-hydroxylation sites is 1. The minimum atomic E-state index is -0.0902. The second-order valence-corrected chi connectivity index (χ2v) is 6.90. The number of aryl methyl sites for hydroxylation is 1. The van der Waals surface area contributed by atoms with Crippen molar-refractivity contribution in [2.45, 2.75) is 19.5 Å². The number of carbonyl (C=O) groups excluding carboxylic acids is 1. The number of hydrogen-bond acceptors (Lipinski definition) is 3. The lowest BCUT2D eigenvalue weighted by Crippen LogP contribution is -2.43. The first-order valence-corrected chi connectivity index (χ1v) is 10.1. The van der Waals surface area contributed by atoms with Crippen LogP contribution >= 0.6 is 24.0 Å². The van der Waals surface area contributed by atoms with Gasteiger partial charge in [-0.25, -0.2) is 0 Å². The third kappa shape index (κ3) is 7.46. The number of guanidine groups is 1. The van der Waals surface area contributed by atoms with Crippen molar-refractivity contribution >= 4 is 46.7 Å². The van der Waals surface area contributed by atoms with Gasteiger partial charge in [0.25, 0.3) is 0 Å². The second-order valence-electron chi connectivity index (χ2n) is 6.90. The van der Waals surface area contributed by atoms with E-state index in [-0.39, 0.29) is 36.4 Å². The smallest absolute Gasteiger partial charge is 0.239 e. The van der Waals surface area contributed by atoms with Crippen LogP contribution in [0.2, 0.25) is 0 Å². The fourth-order valence-electron chi connectivity index (χ4n) is 3.18. The van der Waals surface area contributed by atoms with Gasteiger partial charge in [0, 0.05) is 38.4 Å². The summed E-state index contributed by atoms with van der Waals surface area (Å²) < 4.78 is 7.38. The molecule has 0 atom stereocenters. The summed E-state index contributed by atoms with van der Waals surface area (Å²) in [4.78, 5) is 16.3. The van der Waals surface area contributed by atoms with E-state index in [0.717, 1.165) is 30.8 Å². The van der Waals surface area contributed by atoms with Crippen LogP contribution in [0.3, 0.4) is 0 Å². The lowest BCUT2D eigenvalue weighted by Gasteiger charge is -2.12. The van der Waals surface area contributed by atoms with Gasteiger partial charge in [0.05, 0.1) is 13.7 Å². The summed E-state index contributed by atoms with van der Waals surface area (Å²) >= 11 is 0. The molecule has 0 saturated carbocycles. The van der Waals surface area contributed by atoms with Crippen LogP contribution in [0.25, 0.3) is 10.9 Å². The first kappa shape index (κ1) is 24.5. The van der Waals surface area contributed by atoms with Crippen LogP contribution in [-0.2, 0) is 17.9 Å². The summed E-state index contributed by atoms with van der Waals surface area (Å²) in [5, 5.41) is 10.4. The zero-order valence-electron chi connectivity index (χ0n) is 17.9. The molecular weight excluding hydrogens is 505 g/mol. The number of nitrogens with one attached hydrogen (secondary N) is 3. The fourth-order valence-corrected chi connectivity index (χ4v) is 3.18. The van der Waals surface area contributed by atoms with E-state index in [1.807, 2.05) is 24.3 Å². The number of methoxy groups -OCH3 is 1. The van der Waals surface area contributed by atoms with Crippen molar-refractivity contribution in [3.05, 3.63) is 66.4 Å². The molecule has 0 unspecified atom stereocenters. The zero-order valence-corrected chi connectivity index (χ0v) is 20.3. The minimum absolute atomic E-state index is 0. The van der Waals surface area contributed by atoms with Gasteiger partial charge in [-0.3, -0.25) is 9.79 Å². The van der Waals surface area contributed by atoms with Crippen LogP contribution in [0.1, 0.15) is 12.0 Å². The van der Waals surface area contributed by atoms with Crippen molar-refractivity contribution in [2.75, 3.05) is 27.2 Å². The number of aromatic nitrogens is 1. The average molecular weight is 535 g/mol. The molecule has 0 bridgehead atoms. The maximum atomic E-state index is 12.1. The molecule has 0 aliphatic carbocycles. The van der Waals surface area contributed by atoms with E-state index in [2.05, 4.69) is 62.0 Å². The highest BCUT2D eigenvalue weighted by molar-refractivity contribution is 14.0. The molecule has 3 rings (SSSR count). The van der Waals surface area contributed by atoms with Gasteiger partial charge < -0.3 is 25.3 Å². The molecule has 0 fully saturated rings. The zero-order chi connectivity index (χ0) is 21.2. The molecule has 3 aromatic rings. The minimum Gasteiger partial charge on any atom is -0.497 e. The fraction of sp³-hybridized carbons (Fsp3) is 0.304. The molecule has 2 aromatic carbocycles. The van der Waals surface area contributed by atoms with Crippen molar-refractivity contribution in [1.29, 1.82) is 0 Å². The third-order valence-electron chi connectivity index (χ3n) is 4.84. The molecule has 1 amide bonds. The highest BCUT2D eigenvalue weighted by Gasteiger charge is 2.04. The molecule has 7 nitrogen and oxygen atoms in total. The number of fused-ring (bicyclic) bond motifs is 1. The van der Waals surface area contributed by atoms with E-state index >= 15 is 0 Å². The van der Waals surface area contributed by atoms with E-state index in [1.165, 1.54) is 10.9 Å². The monoisotopic (exact) mass is 535 g/mol. The van der Waals surface area contributed by atoms with Crippen LogP contribution in [0.5, 0.6) is 5.75 Å². The maximum Gasteiger partial charge on any atom is 0.239 e. The van der Waals surface area contributed by atoms with Gasteiger partial charge in [-0.1, -0.05) is 30.3 Å². The van der Waals surface area contributed by atoms with Crippen molar-refractivity contribution in [3.63, 3.8) is 0 Å². The predicted octanol–water partition coefficient (Wildman–Crippen LogP) is 3.14. The maximum absolute atomic E-state index is 12.1. The summed E-state index contributed by atoms with van der Waals surface area (Å²) in [5.74, 6) is 1.33. The molecule has 166 valence electrons. The predicted molar refractivity (Wildman–Crippen MR) is 136 cm³/mol. The number of aliphatic imine (C=N–C) groups is 1. The summed E-state index contributed by atoms with van der Waals surface area (Å²) in [5.41, 5.74) is 2.26. The van der Waals surface area contributed by atoms with Crippen molar-refractivity contribution in [2.24, 2.45) is 4.99 Å². The Kier molecular flexibility index (Phi) is 10.2. The van der Waals surface area contributed by atoms with Crippen molar-refractivity contribution < 1.29 is 9.53 Å². The second kappa shape index (κ2) is 12.8. The molecule has 8 heteroatoms. The summed E-state index contributed by atoms with van der Waals surface area (Å²) in [6.07, 6.45) is 3.06. The van der Waals surface area contributed by atoms with E-state index in [0.29, 0.717) is 12.5 Å². The lowest BCUT2D eigenvalue weighted by atomic mass is 10.2. The quantitative estimate of drug-likeness (QED) is 0.170. The van der Waals surface area contributed by atoms with Crippen molar-refractivity contribution in [3.8, 4) is 5.75 Å². The molecular formula is C23H30IN5O2. The SMILES string of the molecule is CN=C(NCCCn1ccc2ccccc21)NCC(=O)NCc1ccc(OC)cc1.I. The van der Waals surface area contributed by atoms with Gasteiger partial charge in [-0.05, 0) is 41.6 Å². The Morgan fingerprint density at radius 2 is 1.81 bits per heavy atom. The molecule has 0 radical (unpaired) electrons. The Morgan fingerprint density at radius 1 is 1.03 bits per heavy atom. The summed E-state index contributed by atoms with van der Waals surface area (Å²) in [6, 6.07) is 18.1. The molecule has 0 saturated heterocycles. The van der Waals surface area contributed by atoms with Crippen LogP contribution in [0, 0.1) is 0 Å². The van der Waals surface area contributed by atoms with Gasteiger partial charge in [0.2, 0.25) is 5.91 Å². The number of benzene rings is 2. The van der Waals surface area contributed by atoms with Crippen LogP contribution in [0.4, 0.5) is 0 Å². The first-order chi connectivity index (χ1) is 14.7. The Hall–Kier alpha value is -2.75. The third-order valence-corrected chi connectivity index (χ3v) is 4.84. The number of rotatable bonds is 9. The van der Waals surface area contributed by atoms with E-state index in [4.69, 9.17) is 4.74 Å². The van der Waals surface area contributed by atoms with Gasteiger partial charge in [0.1, 0.15) is 5.75 Å². The first-order valence-electron chi connectivity index (χ1n) is 10.1. The van der Waals surface area contributed by atoms with Gasteiger partial charge in [-0.2, -0.15) is 0 Å². The average Bonchev–Trinajstić information content (AvgIpc) is 3.20. The highest BCUT2D eigenvalue weighted by atomic mass is 127. The van der Waals surface area contributed by atoms with Crippen LogP contribution < -0.4 is 20.7 Å². The molecule has 1 aromatic heterocycles. The Labute approximate surface area is 200 Å². The van der Waals surface area contributed by atoms with Crippen molar-refractivity contribution in [1.82, 2.24) is 20.5 Å². The van der Waals surface area contributed by atoms with E-state index in [1.54, 1.807) is 14.2 Å². The van der Waals surface area contributed by atoms with E-state index in [9.17, 15) is 4.79 Å². The summed E-state index contributed by atoms with van der Waals surface area (Å²) in [6.45, 7) is 2.32. The lowest BCUT2D eigenvalue weighted by molar-refractivity contribution is -0.120. The van der Waals surface area contributed by atoms with Gasteiger partial charge in [-0.15, -0.1) is 24.0 Å². The normalized spacial score (nSPS) is 11.0. The number of ether oxygens (including phenoxy) is 1. The van der Waals surface area contributed by atoms with Crippen LogP contribution in [0.15, 0.2) is 65.8 Å². The van der Waals surface area contributed by atoms with Crippen LogP contribution in [-0.4, -0.2) is 43.7 Å². The molecule has 0 aliphatic heterocycles. The number of carbonyl (C=O) groups is 1. The standard InChI is InChI=1S/C23H29N5O2.HI/c1-24-23(25-13-5-14-28-15-12-19-6-3-4-7-21(19)28)27-17-22(29)26-16-18-8-10-20(30-2)11-9-18;/h3-4,6-12,15H,5,13-14,16-17H2,1-2H3,(H,26,29)(H2,24,25,27);1H. The molecule has 1 heterocycles. The summed E-state index contributed by atoms with van der Waals surface area (Å²) in [7, 11) is 3.33. The molecule has 31 heavy (non-hydrogen) atoms. The van der Waals surface area contributed by atoms with Gasteiger partial charge >= 0.3 is 0 Å². The molecule has 3 N–H and O–H groups in total. The molecule has 0 aliphatic rings. The number of halogens is 1. The number of nitrogens with zero attached hydrogens (tertiary/aromatic N) is 2. The number of hydrogen-bond donors (Lipinski definition) is 3.